The predicted octanol–water partition coefficient (Wildman–Crippen LogP) is -1.11. The zero-order chi connectivity index (χ0) is 87.7. The summed E-state index contributed by atoms with van der Waals surface area (Å²) in [7, 11) is 1.76. The molecule has 0 bridgehead atoms. The van der Waals surface area contributed by atoms with Gasteiger partial charge in [0, 0.05) is 98.5 Å². The highest BCUT2D eigenvalue weighted by Gasteiger charge is 2.41. The lowest BCUT2D eigenvalue weighted by Gasteiger charge is -2.29. The summed E-state index contributed by atoms with van der Waals surface area (Å²) in [6.07, 6.45) is -1.64. The van der Waals surface area contributed by atoms with Gasteiger partial charge in [-0.25, -0.2) is 4.79 Å². The minimum Gasteiger partial charge on any atom is -0.481 e. The van der Waals surface area contributed by atoms with Crippen LogP contribution in [0.2, 0.25) is 0 Å². The van der Waals surface area contributed by atoms with Gasteiger partial charge in [0.1, 0.15) is 55.6 Å². The summed E-state index contributed by atoms with van der Waals surface area (Å²) in [6, 6.07) is -1.15. The molecule has 0 saturated carbocycles. The maximum absolute atomic E-state index is 15.1. The molecule has 39 nitrogen and oxygen atoms in total. The zero-order valence-electron chi connectivity index (χ0n) is 67.2. The smallest absolute Gasteiger partial charge is 0.329 e. The summed E-state index contributed by atoms with van der Waals surface area (Å²) in [5.74, 6) is -27.0. The third-order valence-corrected chi connectivity index (χ3v) is 19.5. The van der Waals surface area contributed by atoms with Crippen molar-refractivity contribution in [1.29, 1.82) is 0 Å². The highest BCUT2D eigenvalue weighted by molar-refractivity contribution is 6.05. The van der Waals surface area contributed by atoms with Crippen LogP contribution in [0.15, 0.2) is 67.0 Å². The SMILES string of the molecule is C=C1NCC(=O)N[C@H](CO)C(=O)C[C@@H]([C@H](C)CC(=O)O)C(=O)N[C@@H](CC(=O)c2ccccc2NCC)C(=O)O[C@H](C)[C@H](NC(=O)[C@H](CC(=O)O)CC(=O)[C@@H](CC(N)=O)NC(=O)[C@H](Cc2cn(C)c3ccccc23)NC(=O)CCCCCCCCC)C(=O)NCC(=O)N[C@@H](CCCN)C(=O)C[C@@H](COC=O)C(=O)N[C@H](C)C(=O)N[C@H]1COC=O. The minimum atomic E-state index is -2.34. The van der Waals surface area contributed by atoms with Crippen LogP contribution < -0.4 is 70.0 Å². The van der Waals surface area contributed by atoms with Crippen LogP contribution in [0, 0.1) is 23.7 Å². The Hall–Kier alpha value is -12.0. The number of aromatic nitrogens is 1. The Morgan fingerprint density at radius 3 is 1.94 bits per heavy atom. The van der Waals surface area contributed by atoms with Gasteiger partial charge in [-0.1, -0.05) is 89.3 Å². The second-order valence-corrected chi connectivity index (χ2v) is 28.9. The number of anilines is 1. The number of para-hydroxylation sites is 2. The monoisotopic (exact) mass is 1660 g/mol. The number of fused-ring (bicyclic) bond motifs is 1. The number of aliphatic carboxylic acids is 2. The van der Waals surface area contributed by atoms with Crippen LogP contribution in [0.3, 0.4) is 0 Å². The van der Waals surface area contributed by atoms with Gasteiger partial charge in [0.25, 0.3) is 12.9 Å². The number of carbonyl (C=O) groups is 19. The molecule has 10 amide bonds. The second-order valence-electron chi connectivity index (χ2n) is 28.9. The number of nitrogens with two attached hydrogens (primary N) is 2. The first-order valence-electron chi connectivity index (χ1n) is 39.0. The molecule has 118 heavy (non-hydrogen) atoms. The Morgan fingerprint density at radius 1 is 0.678 bits per heavy atom. The number of carboxylic acid groups (broad SMARTS) is 2. The highest BCUT2D eigenvalue weighted by atomic mass is 16.5. The van der Waals surface area contributed by atoms with E-state index in [0.29, 0.717) is 23.8 Å². The number of rotatable bonds is 40. The van der Waals surface area contributed by atoms with Gasteiger partial charge in [-0.15, -0.1) is 0 Å². The van der Waals surface area contributed by atoms with Crippen molar-refractivity contribution in [3.05, 3.63) is 78.1 Å². The lowest BCUT2D eigenvalue weighted by Crippen LogP contribution is -2.57. The number of ketones is 4. The Morgan fingerprint density at radius 2 is 1.30 bits per heavy atom. The number of aliphatic hydroxyl groups excluding tert-OH is 1. The summed E-state index contributed by atoms with van der Waals surface area (Å²) in [5, 5.41) is 58.6. The summed E-state index contributed by atoms with van der Waals surface area (Å²) < 4.78 is 17.3. The van der Waals surface area contributed by atoms with Crippen LogP contribution in [0.25, 0.3) is 10.9 Å². The summed E-state index contributed by atoms with van der Waals surface area (Å²) in [4.78, 5) is 262. The van der Waals surface area contributed by atoms with Gasteiger partial charge in [0.2, 0.25) is 59.1 Å². The van der Waals surface area contributed by atoms with E-state index in [-0.39, 0.29) is 68.7 Å². The van der Waals surface area contributed by atoms with E-state index in [1.807, 2.05) is 6.07 Å². The lowest BCUT2D eigenvalue weighted by molar-refractivity contribution is -0.156. The number of aliphatic hydroxyl groups is 1. The van der Waals surface area contributed by atoms with Gasteiger partial charge in [0.15, 0.2) is 23.1 Å². The number of amides is 10. The summed E-state index contributed by atoms with van der Waals surface area (Å²) in [6.45, 7) is 6.58. The van der Waals surface area contributed by atoms with Crippen molar-refractivity contribution >= 4 is 130 Å². The average Bonchev–Trinajstić information content (AvgIpc) is 1.63. The molecule has 4 rings (SSSR count). The van der Waals surface area contributed by atoms with Crippen LogP contribution in [-0.4, -0.2) is 233 Å². The molecule has 1 aromatic heterocycles. The van der Waals surface area contributed by atoms with Gasteiger partial charge < -0.3 is 104 Å². The largest absolute Gasteiger partial charge is 0.481 e. The number of nitrogens with zero attached hydrogens (tertiary/aromatic N) is 1. The number of hydrogen-bond donors (Lipinski definition) is 16. The number of hydrogen-bond acceptors (Lipinski definition) is 26. The normalized spacial score (nSPS) is 21.0. The van der Waals surface area contributed by atoms with Crippen molar-refractivity contribution < 1.29 is 121 Å². The fourth-order valence-corrected chi connectivity index (χ4v) is 13.0. The van der Waals surface area contributed by atoms with Crippen molar-refractivity contribution in [2.45, 2.75) is 205 Å². The van der Waals surface area contributed by atoms with Crippen molar-refractivity contribution in [3.8, 4) is 0 Å². The van der Waals surface area contributed by atoms with Crippen molar-refractivity contribution in [3.63, 3.8) is 0 Å². The zero-order valence-corrected chi connectivity index (χ0v) is 67.2. The number of ether oxygens (including phenoxy) is 3. The molecule has 0 spiro atoms. The standard InChI is InChI=1S/C79H112N14O25/c1-8-10-11-12-13-14-15-26-67(102)87-57(29-49-38-93(7)61-25-19-17-21-51(49)61)77(113)89-56(35-66(81)101)64(99)30-48(32-71(107)108)74(110)92-72-47(6)118-79(115)58(34-62(97)52-22-16-18-23-54(52)82-9-2)90-76(112)53(44(3)28-70(105)106)33-65(100)59(39-94)88-68(103)36-83-45(4)60(41-117-43-96)91-73(109)46(5)85-75(111)50(40-116-42-95)31-63(98)55(24-20-27-80)86-69(104)37-84-78(72)114/h16-19,21-23,25,38,42-44,46-48,50,53,55-60,72,82-83,94H,4,8-15,20,24,26-37,39-41,80H2,1-3,5-7H3,(H2,81,101)(H,84,114)(H,85,111)(H,86,104)(H,87,102)(H,88,103)(H,89,113)(H,90,112)(H,91,109)(H,92,110)(H,105,106)(H,107,108)/t44-,46-,47-,48+,50+,53+,55+,56-,57+,58+,59-,60+,72+/m1/s1. The van der Waals surface area contributed by atoms with Crippen molar-refractivity contribution in [2.75, 3.05) is 51.3 Å². The molecule has 648 valence electrons. The fourth-order valence-electron chi connectivity index (χ4n) is 13.0. The van der Waals surface area contributed by atoms with Gasteiger partial charge in [0.05, 0.1) is 56.5 Å². The molecule has 39 heteroatoms. The molecule has 0 aliphatic carbocycles. The molecule has 1 saturated heterocycles. The summed E-state index contributed by atoms with van der Waals surface area (Å²) >= 11 is 0. The van der Waals surface area contributed by atoms with Crippen LogP contribution in [0.5, 0.6) is 0 Å². The van der Waals surface area contributed by atoms with Gasteiger partial charge in [-0.05, 0) is 76.3 Å². The summed E-state index contributed by atoms with van der Waals surface area (Å²) in [5.41, 5.74) is 12.8. The quantitative estimate of drug-likeness (QED) is 0.0106. The van der Waals surface area contributed by atoms with E-state index in [2.05, 4.69) is 72.0 Å². The average molecular weight is 1660 g/mol. The minimum absolute atomic E-state index is 0.00862. The van der Waals surface area contributed by atoms with Crippen LogP contribution >= 0.6 is 0 Å². The van der Waals surface area contributed by atoms with Gasteiger partial charge in [-0.3, -0.25) is 86.3 Å². The molecule has 3 aromatic rings. The second kappa shape index (κ2) is 51.1. The number of carbonyl (C=O) groups excluding carboxylic acids is 17. The molecule has 2 aromatic carbocycles. The van der Waals surface area contributed by atoms with E-state index in [4.69, 9.17) is 25.7 Å². The molecular weight excluding hydrogens is 1540 g/mol. The first-order chi connectivity index (χ1) is 56.1. The Kier molecular flexibility index (Phi) is 42.6. The lowest BCUT2D eigenvalue weighted by atomic mass is 9.84. The first kappa shape index (κ1) is 98.3. The van der Waals surface area contributed by atoms with Gasteiger partial charge in [-0.2, -0.15) is 0 Å². The number of esters is 1. The highest BCUT2D eigenvalue weighted by Crippen LogP contribution is 2.26. The number of nitrogens with one attached hydrogen (secondary N) is 11. The number of cyclic esters (lactones) is 1. The number of carboxylic acids is 2. The maximum atomic E-state index is 15.1. The molecule has 0 unspecified atom stereocenters. The van der Waals surface area contributed by atoms with E-state index >= 15 is 4.79 Å². The topological polar surface area (TPSA) is 602 Å². The van der Waals surface area contributed by atoms with Crippen molar-refractivity contribution in [1.82, 2.24) is 57.7 Å². The third kappa shape index (κ3) is 33.3. The van der Waals surface area contributed by atoms with E-state index in [9.17, 15) is 102 Å². The predicted molar refractivity (Wildman–Crippen MR) is 422 cm³/mol. The van der Waals surface area contributed by atoms with Gasteiger partial charge >= 0.3 is 17.9 Å². The molecular formula is C79H112N14O25. The number of aryl methyl sites for hydroxylation is 1. The van der Waals surface area contributed by atoms with E-state index in [1.165, 1.54) is 32.0 Å². The first-order valence-corrected chi connectivity index (χ1v) is 39.0. The Labute approximate surface area is 681 Å². The van der Waals surface area contributed by atoms with Crippen molar-refractivity contribution in [2.24, 2.45) is 42.2 Å². The number of primary amides is 1. The molecule has 1 aliphatic rings. The van der Waals surface area contributed by atoms with E-state index in [1.54, 1.807) is 49.0 Å². The Balaban J connectivity index is 1.90. The fraction of sp³-hybridized carbons (Fsp3) is 0.557. The third-order valence-electron chi connectivity index (χ3n) is 19.5. The number of benzene rings is 2. The van der Waals surface area contributed by atoms with Crippen LogP contribution in [0.4, 0.5) is 5.69 Å². The Bertz CT molecular complexity index is 4050. The van der Waals surface area contributed by atoms with Crippen LogP contribution in [0.1, 0.15) is 160 Å². The molecule has 1 aliphatic heterocycles. The van der Waals surface area contributed by atoms with Crippen LogP contribution in [-0.2, 0) is 114 Å². The van der Waals surface area contributed by atoms with E-state index < -0.39 is 256 Å². The number of Topliss-reactive ketones (excluding diaryl/α,β-unsaturated/α-hetero) is 4. The maximum Gasteiger partial charge on any atom is 0.329 e. The van der Waals surface area contributed by atoms with E-state index in [0.717, 1.165) is 44.5 Å². The molecule has 13 atom stereocenters. The molecule has 1 fully saturated rings. The molecule has 0 radical (unpaired) electrons. The molecule has 2 heterocycles. The number of unbranched alkanes of at least 4 members (excludes halogenated alkanes) is 6. The molecule has 18 N–H and O–H groups in total.